The second kappa shape index (κ2) is 8.27. The molecule has 2 N–H and O–H groups in total. The predicted octanol–water partition coefficient (Wildman–Crippen LogP) is 3.10. The van der Waals surface area contributed by atoms with Gasteiger partial charge >= 0.3 is 0 Å². The van der Waals surface area contributed by atoms with Crippen LogP contribution < -0.4 is 10.6 Å². The molecule has 3 rings (SSSR count). The van der Waals surface area contributed by atoms with E-state index in [2.05, 4.69) is 31.5 Å². The van der Waals surface area contributed by atoms with Crippen molar-refractivity contribution in [2.45, 2.75) is 25.7 Å². The van der Waals surface area contributed by atoms with Crippen molar-refractivity contribution in [2.75, 3.05) is 38.0 Å². The number of amides is 1. The normalized spacial score (nSPS) is 23.6. The molecule has 2 fully saturated rings. The van der Waals surface area contributed by atoms with E-state index in [0.29, 0.717) is 0 Å². The standard InChI is InChI=1S/C18H26BrN3O/c19-16-4-1-5-17(11-16)21-18(23)15-6-9-22(10-7-15)13-14-3-2-8-20-12-14/h1,4-5,11,14-15,20H,2-3,6-10,12-13H2,(H,21,23). The van der Waals surface area contributed by atoms with Gasteiger partial charge in [-0.25, -0.2) is 0 Å². The van der Waals surface area contributed by atoms with E-state index >= 15 is 0 Å². The van der Waals surface area contributed by atoms with Gasteiger partial charge in [-0.3, -0.25) is 4.79 Å². The molecule has 5 heteroatoms. The van der Waals surface area contributed by atoms with Crippen LogP contribution in [0.15, 0.2) is 28.7 Å². The van der Waals surface area contributed by atoms with Crippen molar-refractivity contribution in [3.05, 3.63) is 28.7 Å². The molecule has 126 valence electrons. The van der Waals surface area contributed by atoms with E-state index in [1.807, 2.05) is 24.3 Å². The fourth-order valence-electron chi connectivity index (χ4n) is 3.63. The minimum Gasteiger partial charge on any atom is -0.326 e. The first-order chi connectivity index (χ1) is 11.2. The summed E-state index contributed by atoms with van der Waals surface area (Å²) in [5, 5.41) is 6.54. The zero-order valence-corrected chi connectivity index (χ0v) is 15.1. The van der Waals surface area contributed by atoms with Gasteiger partial charge in [-0.1, -0.05) is 22.0 Å². The van der Waals surface area contributed by atoms with E-state index in [4.69, 9.17) is 0 Å². The fourth-order valence-corrected chi connectivity index (χ4v) is 4.03. The maximum Gasteiger partial charge on any atom is 0.227 e. The van der Waals surface area contributed by atoms with Crippen LogP contribution in [0.3, 0.4) is 0 Å². The van der Waals surface area contributed by atoms with E-state index in [1.165, 1.54) is 25.9 Å². The van der Waals surface area contributed by atoms with Crippen molar-refractivity contribution < 1.29 is 4.79 Å². The van der Waals surface area contributed by atoms with Gasteiger partial charge in [0.25, 0.3) is 0 Å². The van der Waals surface area contributed by atoms with Crippen LogP contribution >= 0.6 is 15.9 Å². The highest BCUT2D eigenvalue weighted by molar-refractivity contribution is 9.10. The van der Waals surface area contributed by atoms with Gasteiger partial charge in [0.15, 0.2) is 0 Å². The minimum atomic E-state index is 0.148. The maximum atomic E-state index is 12.4. The monoisotopic (exact) mass is 379 g/mol. The number of halogens is 1. The molecule has 1 atom stereocenters. The quantitative estimate of drug-likeness (QED) is 0.844. The average molecular weight is 380 g/mol. The topological polar surface area (TPSA) is 44.4 Å². The van der Waals surface area contributed by atoms with E-state index < -0.39 is 0 Å². The second-order valence-electron chi connectivity index (χ2n) is 6.79. The largest absolute Gasteiger partial charge is 0.326 e. The Labute approximate surface area is 147 Å². The lowest BCUT2D eigenvalue weighted by Crippen LogP contribution is -2.43. The first kappa shape index (κ1) is 16.9. The molecule has 0 spiro atoms. The fraction of sp³-hybridized carbons (Fsp3) is 0.611. The van der Waals surface area contributed by atoms with Crippen LogP contribution in [0, 0.1) is 11.8 Å². The highest BCUT2D eigenvalue weighted by Crippen LogP contribution is 2.22. The Morgan fingerprint density at radius 3 is 2.83 bits per heavy atom. The summed E-state index contributed by atoms with van der Waals surface area (Å²) in [6.07, 6.45) is 4.59. The third-order valence-electron chi connectivity index (χ3n) is 4.97. The van der Waals surface area contributed by atoms with Crippen molar-refractivity contribution in [3.8, 4) is 0 Å². The third kappa shape index (κ3) is 5.03. The molecule has 1 aromatic carbocycles. The molecule has 0 aromatic heterocycles. The van der Waals surface area contributed by atoms with Crippen LogP contribution in [-0.4, -0.2) is 43.5 Å². The van der Waals surface area contributed by atoms with E-state index in [-0.39, 0.29) is 11.8 Å². The van der Waals surface area contributed by atoms with Crippen LogP contribution in [0.1, 0.15) is 25.7 Å². The SMILES string of the molecule is O=C(Nc1cccc(Br)c1)C1CCN(CC2CCCNC2)CC1. The smallest absolute Gasteiger partial charge is 0.227 e. The number of likely N-dealkylation sites (tertiary alicyclic amines) is 1. The Morgan fingerprint density at radius 2 is 2.13 bits per heavy atom. The highest BCUT2D eigenvalue weighted by atomic mass is 79.9. The lowest BCUT2D eigenvalue weighted by Gasteiger charge is -2.35. The number of carbonyl (C=O) groups is 1. The summed E-state index contributed by atoms with van der Waals surface area (Å²) in [7, 11) is 0. The number of benzene rings is 1. The number of hydrogen-bond donors (Lipinski definition) is 2. The van der Waals surface area contributed by atoms with Crippen molar-refractivity contribution in [3.63, 3.8) is 0 Å². The molecule has 2 aliphatic heterocycles. The molecular formula is C18H26BrN3O. The summed E-state index contributed by atoms with van der Waals surface area (Å²) in [5.74, 6) is 1.10. The Morgan fingerprint density at radius 1 is 1.30 bits per heavy atom. The van der Waals surface area contributed by atoms with Gasteiger partial charge in [0.2, 0.25) is 5.91 Å². The Bertz CT molecular complexity index is 523. The summed E-state index contributed by atoms with van der Waals surface area (Å²) < 4.78 is 0.992. The highest BCUT2D eigenvalue weighted by Gasteiger charge is 2.26. The van der Waals surface area contributed by atoms with Crippen molar-refractivity contribution >= 4 is 27.5 Å². The number of hydrogen-bond acceptors (Lipinski definition) is 3. The molecule has 2 aliphatic rings. The molecule has 0 saturated carbocycles. The number of anilines is 1. The average Bonchev–Trinajstić information content (AvgIpc) is 2.56. The number of nitrogens with one attached hydrogen (secondary N) is 2. The lowest BCUT2D eigenvalue weighted by atomic mass is 9.93. The molecule has 23 heavy (non-hydrogen) atoms. The second-order valence-corrected chi connectivity index (χ2v) is 7.70. The molecule has 1 unspecified atom stereocenters. The number of carbonyl (C=O) groups excluding carboxylic acids is 1. The minimum absolute atomic E-state index is 0.148. The van der Waals surface area contributed by atoms with Crippen LogP contribution in [0.25, 0.3) is 0 Å². The summed E-state index contributed by atoms with van der Waals surface area (Å²) in [4.78, 5) is 15.0. The molecule has 0 radical (unpaired) electrons. The van der Waals surface area contributed by atoms with E-state index in [1.54, 1.807) is 0 Å². The number of nitrogens with zero attached hydrogens (tertiary/aromatic N) is 1. The third-order valence-corrected chi connectivity index (χ3v) is 5.46. The number of rotatable bonds is 4. The zero-order chi connectivity index (χ0) is 16.1. The van der Waals surface area contributed by atoms with Gasteiger partial charge < -0.3 is 15.5 Å². The van der Waals surface area contributed by atoms with E-state index in [0.717, 1.165) is 48.6 Å². The van der Waals surface area contributed by atoms with Crippen LogP contribution in [0.4, 0.5) is 5.69 Å². The van der Waals surface area contributed by atoms with Crippen molar-refractivity contribution in [2.24, 2.45) is 11.8 Å². The lowest BCUT2D eigenvalue weighted by molar-refractivity contribution is -0.121. The van der Waals surface area contributed by atoms with Crippen LogP contribution in [0.2, 0.25) is 0 Å². The molecule has 4 nitrogen and oxygen atoms in total. The summed E-state index contributed by atoms with van der Waals surface area (Å²) in [5.41, 5.74) is 0.875. The Kier molecular flexibility index (Phi) is 6.08. The maximum absolute atomic E-state index is 12.4. The molecule has 0 bridgehead atoms. The van der Waals surface area contributed by atoms with Gasteiger partial charge in [-0.15, -0.1) is 0 Å². The van der Waals surface area contributed by atoms with Crippen molar-refractivity contribution in [1.29, 1.82) is 0 Å². The Hall–Kier alpha value is -0.910. The van der Waals surface area contributed by atoms with Gasteiger partial charge in [0, 0.05) is 22.6 Å². The Balaban J connectivity index is 1.43. The summed E-state index contributed by atoms with van der Waals surface area (Å²) >= 11 is 3.44. The number of piperidine rings is 2. The molecule has 0 aliphatic carbocycles. The molecule has 1 amide bonds. The molecular weight excluding hydrogens is 354 g/mol. The van der Waals surface area contributed by atoms with Crippen molar-refractivity contribution in [1.82, 2.24) is 10.2 Å². The van der Waals surface area contributed by atoms with Gasteiger partial charge in [0.05, 0.1) is 0 Å². The molecule has 2 heterocycles. The molecule has 2 saturated heterocycles. The predicted molar refractivity (Wildman–Crippen MR) is 97.5 cm³/mol. The van der Waals surface area contributed by atoms with Gasteiger partial charge in [-0.05, 0) is 76.0 Å². The first-order valence-corrected chi connectivity index (χ1v) is 9.49. The zero-order valence-electron chi connectivity index (χ0n) is 13.6. The summed E-state index contributed by atoms with van der Waals surface area (Å²) in [6.45, 7) is 5.62. The first-order valence-electron chi connectivity index (χ1n) is 8.70. The summed E-state index contributed by atoms with van der Waals surface area (Å²) in [6, 6.07) is 7.80. The van der Waals surface area contributed by atoms with E-state index in [9.17, 15) is 4.79 Å². The van der Waals surface area contributed by atoms with Crippen LogP contribution in [0.5, 0.6) is 0 Å². The van der Waals surface area contributed by atoms with Gasteiger partial charge in [0.1, 0.15) is 0 Å². The van der Waals surface area contributed by atoms with Gasteiger partial charge in [-0.2, -0.15) is 0 Å². The molecule has 1 aromatic rings. The van der Waals surface area contributed by atoms with Crippen LogP contribution in [-0.2, 0) is 4.79 Å².